The van der Waals surface area contributed by atoms with E-state index in [0.29, 0.717) is 57.4 Å². The van der Waals surface area contributed by atoms with Crippen LogP contribution >= 0.6 is 0 Å². The maximum atomic E-state index is 14.9. The van der Waals surface area contributed by atoms with Gasteiger partial charge < -0.3 is 50.8 Å². The Hall–Kier alpha value is -7.44. The molecule has 77 heavy (non-hydrogen) atoms. The molecule has 6 aromatic rings. The summed E-state index contributed by atoms with van der Waals surface area (Å²) in [6.07, 6.45) is 5.26. The van der Waals surface area contributed by atoms with Gasteiger partial charge in [0.05, 0.1) is 52.2 Å². The van der Waals surface area contributed by atoms with E-state index in [4.69, 9.17) is 9.97 Å². The van der Waals surface area contributed by atoms with Crippen molar-refractivity contribution in [1.29, 1.82) is 0 Å². The third-order valence-electron chi connectivity index (χ3n) is 16.6. The van der Waals surface area contributed by atoms with Crippen molar-refractivity contribution in [2.75, 3.05) is 46.8 Å². The number of hydrogen-bond donors (Lipinski definition) is 6. The first kappa shape index (κ1) is 53.0. The van der Waals surface area contributed by atoms with Gasteiger partial charge in [-0.1, -0.05) is 84.9 Å². The van der Waals surface area contributed by atoms with Crippen molar-refractivity contribution in [3.8, 4) is 22.3 Å². The minimum Gasteiger partial charge on any atom is -0.354 e. The fraction of sp³-hybridized carbons (Fsp3) is 0.458. The minimum atomic E-state index is -0.984. The highest BCUT2D eigenvalue weighted by atomic mass is 16.2. The number of fused-ring (bicyclic) bond motifs is 4. The highest BCUT2D eigenvalue weighted by molar-refractivity contribution is 5.94. The van der Waals surface area contributed by atoms with Crippen LogP contribution in [0, 0.1) is 5.92 Å². The average Bonchev–Trinajstić information content (AvgIpc) is 4.38. The molecule has 2 aromatic heterocycles. The first-order chi connectivity index (χ1) is 37.4. The highest BCUT2D eigenvalue weighted by Crippen LogP contribution is 2.42. The van der Waals surface area contributed by atoms with Crippen LogP contribution in [0.3, 0.4) is 0 Å². The van der Waals surface area contributed by atoms with E-state index in [1.54, 1.807) is 37.7 Å². The van der Waals surface area contributed by atoms with Crippen molar-refractivity contribution in [3.05, 3.63) is 109 Å². The molecule has 4 fully saturated rings. The number of aromatic nitrogens is 4. The molecule has 6 N–H and O–H groups in total. The summed E-state index contributed by atoms with van der Waals surface area (Å²) in [6.45, 7) is 4.56. The van der Waals surface area contributed by atoms with Gasteiger partial charge >= 0.3 is 0 Å². The van der Waals surface area contributed by atoms with Crippen LogP contribution in [-0.4, -0.2) is 152 Å². The Balaban J connectivity index is 0.794. The lowest BCUT2D eigenvalue weighted by molar-refractivity contribution is -0.145. The van der Waals surface area contributed by atoms with Gasteiger partial charge in [-0.25, -0.2) is 9.97 Å². The predicted molar refractivity (Wildman–Crippen MR) is 295 cm³/mol. The molecule has 4 aliphatic heterocycles. The summed E-state index contributed by atoms with van der Waals surface area (Å²) in [5, 5.41) is 11.9. The first-order valence-electron chi connectivity index (χ1n) is 27.6. The normalized spacial score (nSPS) is 22.7. The number of aromatic amines is 2. The molecule has 8 atom stereocenters. The fourth-order valence-electron chi connectivity index (χ4n) is 12.0. The van der Waals surface area contributed by atoms with Crippen molar-refractivity contribution in [1.82, 2.24) is 60.8 Å². The summed E-state index contributed by atoms with van der Waals surface area (Å²) in [5.74, 6) is -0.450. The summed E-state index contributed by atoms with van der Waals surface area (Å²) >= 11 is 0. The SMILES string of the molecule is CN[C@@H](C)C(=O)NCC1CN(C(=O)CCCCC(=O)N2CC[C@H]3CC[C@@H](c4nc5cccc(-c6ccccc6)c5[nH]4)N3C(=O)[C@@H](NC(=O)[C@H](C)NC)C2)CC[C@H]2CC[C@@H](c3nc4cccc(-c5ccccc5)c4[nH]3)N2C1=O. The van der Waals surface area contributed by atoms with E-state index in [0.717, 1.165) is 63.0 Å². The molecule has 0 spiro atoms. The van der Waals surface area contributed by atoms with Gasteiger partial charge in [-0.2, -0.15) is 0 Å². The van der Waals surface area contributed by atoms with Crippen molar-refractivity contribution < 1.29 is 28.8 Å². The second kappa shape index (κ2) is 23.4. The summed E-state index contributed by atoms with van der Waals surface area (Å²) in [6, 6.07) is 29.4. The first-order valence-corrected chi connectivity index (χ1v) is 27.6. The number of H-pyrrole nitrogens is 2. The van der Waals surface area contributed by atoms with Crippen LogP contribution in [0.15, 0.2) is 97.1 Å². The Labute approximate surface area is 449 Å². The van der Waals surface area contributed by atoms with E-state index in [2.05, 4.69) is 67.6 Å². The topological polar surface area (TPSA) is 221 Å². The number of likely N-dealkylation sites (N-methyl/N-ethyl adjacent to an activating group) is 2. The molecule has 4 saturated heterocycles. The molecule has 1 unspecified atom stereocenters. The number of amides is 6. The van der Waals surface area contributed by atoms with Crippen LogP contribution in [0.1, 0.15) is 102 Å². The van der Waals surface area contributed by atoms with E-state index in [1.807, 2.05) is 70.5 Å². The minimum absolute atomic E-state index is 0.0178. The highest BCUT2D eigenvalue weighted by Gasteiger charge is 2.46. The molecule has 0 radical (unpaired) electrons. The van der Waals surface area contributed by atoms with E-state index < -0.39 is 24.0 Å². The van der Waals surface area contributed by atoms with Gasteiger partial charge in [0, 0.05) is 68.8 Å². The second-order valence-corrected chi connectivity index (χ2v) is 21.3. The molecule has 0 saturated carbocycles. The van der Waals surface area contributed by atoms with E-state index in [9.17, 15) is 28.8 Å². The summed E-state index contributed by atoms with van der Waals surface area (Å²) in [7, 11) is 3.39. The lowest BCUT2D eigenvalue weighted by atomic mass is 10.0. The number of rotatable bonds is 16. The number of nitrogens with zero attached hydrogens (tertiary/aromatic N) is 6. The second-order valence-electron chi connectivity index (χ2n) is 21.3. The molecule has 404 valence electrons. The fourth-order valence-corrected chi connectivity index (χ4v) is 12.0. The molecule has 4 aromatic carbocycles. The lowest BCUT2D eigenvalue weighted by Gasteiger charge is -2.39. The zero-order valence-corrected chi connectivity index (χ0v) is 44.6. The van der Waals surface area contributed by atoms with Crippen molar-refractivity contribution in [3.63, 3.8) is 0 Å². The number of para-hydroxylation sites is 2. The molecule has 18 nitrogen and oxygen atoms in total. The van der Waals surface area contributed by atoms with Crippen LogP contribution in [-0.2, 0) is 28.8 Å². The monoisotopic (exact) mass is 1040 g/mol. The number of imidazole rings is 2. The largest absolute Gasteiger partial charge is 0.354 e. The average molecular weight is 1050 g/mol. The molecule has 4 aliphatic rings. The molecule has 6 heterocycles. The van der Waals surface area contributed by atoms with Crippen molar-refractivity contribution in [2.24, 2.45) is 5.92 Å². The summed E-state index contributed by atoms with van der Waals surface area (Å²) in [5.41, 5.74) is 7.63. The molecule has 0 aliphatic carbocycles. The van der Waals surface area contributed by atoms with Crippen LogP contribution in [0.5, 0.6) is 0 Å². The van der Waals surface area contributed by atoms with Gasteiger partial charge in [-0.3, -0.25) is 28.8 Å². The number of benzene rings is 4. The van der Waals surface area contributed by atoms with Gasteiger partial charge in [0.15, 0.2) is 0 Å². The third kappa shape index (κ3) is 11.2. The molecular weight excluding hydrogens is 973 g/mol. The van der Waals surface area contributed by atoms with Crippen LogP contribution in [0.4, 0.5) is 0 Å². The number of carbonyl (C=O) groups excluding carboxylic acids is 6. The predicted octanol–water partition coefficient (Wildman–Crippen LogP) is 6.00. The Morgan fingerprint density at radius 3 is 1.57 bits per heavy atom. The zero-order valence-electron chi connectivity index (χ0n) is 44.6. The molecule has 0 bridgehead atoms. The lowest BCUT2D eigenvalue weighted by Crippen LogP contribution is -2.60. The van der Waals surface area contributed by atoms with Gasteiger partial charge in [-0.05, 0) is 103 Å². The maximum absolute atomic E-state index is 14.9. The Morgan fingerprint density at radius 1 is 0.584 bits per heavy atom. The third-order valence-corrected chi connectivity index (χ3v) is 16.6. The summed E-state index contributed by atoms with van der Waals surface area (Å²) < 4.78 is 0. The standard InChI is InChI=1S/C59H72N12O6/c1-36(60-3)56(74)62-33-40-34-68(31-29-41-25-27-48(70(41)58(40)76)54-63-45-21-13-19-43(52(45)66-54)38-15-7-5-8-16-38)50(72)23-11-12-24-51(73)69-32-30-42-26-28-49(71(42)59(77)47(35-69)65-57(75)37(2)61-4)55-64-46-22-14-20-44(53(46)67-55)39-17-9-6-10-18-39/h5-10,13-22,36-37,40-42,47-49,60-61H,11-12,23-35H2,1-4H3,(H,62,74)(H,63,66)(H,64,67)(H,65,75)/t36-,37-,40?,41+,42+,47-,48-,49-/m0/s1. The molecular formula is C59H72N12O6. The van der Waals surface area contributed by atoms with Gasteiger partial charge in [-0.15, -0.1) is 0 Å². The van der Waals surface area contributed by atoms with E-state index in [-0.39, 0.29) is 92.1 Å². The van der Waals surface area contributed by atoms with Crippen molar-refractivity contribution in [2.45, 2.75) is 120 Å². The Morgan fingerprint density at radius 2 is 1.06 bits per heavy atom. The number of nitrogens with one attached hydrogen (secondary N) is 6. The van der Waals surface area contributed by atoms with E-state index >= 15 is 0 Å². The Kier molecular flexibility index (Phi) is 16.1. The number of unbranched alkanes of at least 4 members (excludes halogenated alkanes) is 1. The van der Waals surface area contributed by atoms with Crippen LogP contribution < -0.4 is 21.3 Å². The van der Waals surface area contributed by atoms with E-state index in [1.165, 1.54) is 0 Å². The zero-order chi connectivity index (χ0) is 53.7. The number of carbonyl (C=O) groups is 6. The van der Waals surface area contributed by atoms with Gasteiger partial charge in [0.25, 0.3) is 0 Å². The van der Waals surface area contributed by atoms with Gasteiger partial charge in [0.2, 0.25) is 35.4 Å². The smallest absolute Gasteiger partial charge is 0.247 e. The molecule has 10 rings (SSSR count). The van der Waals surface area contributed by atoms with Gasteiger partial charge in [0.1, 0.15) is 17.7 Å². The summed E-state index contributed by atoms with van der Waals surface area (Å²) in [4.78, 5) is 109. The van der Waals surface area contributed by atoms with Crippen LogP contribution in [0.2, 0.25) is 0 Å². The van der Waals surface area contributed by atoms with Crippen molar-refractivity contribution >= 4 is 57.5 Å². The molecule has 6 amide bonds. The molecule has 18 heteroatoms. The quantitative estimate of drug-likeness (QED) is 0.0622. The number of hydrogen-bond acceptors (Lipinski definition) is 10. The Bertz CT molecular complexity index is 3110. The van der Waals surface area contributed by atoms with Crippen LogP contribution in [0.25, 0.3) is 44.3 Å². The maximum Gasteiger partial charge on any atom is 0.247 e.